The van der Waals surface area contributed by atoms with Crippen molar-refractivity contribution in [2.75, 3.05) is 0 Å². The molecule has 5 rings (SSSR count). The summed E-state index contributed by atoms with van der Waals surface area (Å²) in [6.07, 6.45) is 1.56. The van der Waals surface area contributed by atoms with Crippen molar-refractivity contribution in [1.82, 2.24) is 9.97 Å². The van der Waals surface area contributed by atoms with Gasteiger partial charge in [-0.15, -0.1) is 0 Å². The van der Waals surface area contributed by atoms with Crippen molar-refractivity contribution in [3.8, 4) is 11.3 Å². The molecule has 0 N–H and O–H groups in total. The average molecular weight is 415 g/mol. The number of hydrogen-bond donors (Lipinski definition) is 0. The molecule has 150 valence electrons. The molecule has 0 spiro atoms. The minimum absolute atomic E-state index is 0.0101. The van der Waals surface area contributed by atoms with Gasteiger partial charge in [0.05, 0.1) is 11.1 Å². The number of furan rings is 2. The summed E-state index contributed by atoms with van der Waals surface area (Å²) in [6, 6.07) is 12.6. The minimum atomic E-state index is -0.0101. The highest BCUT2D eigenvalue weighted by molar-refractivity contribution is 8.02. The van der Waals surface area contributed by atoms with E-state index in [4.69, 9.17) is 8.83 Å². The molecule has 0 fully saturated rings. The number of aryl methyl sites for hydroxylation is 1. The summed E-state index contributed by atoms with van der Waals surface area (Å²) in [5.74, 6) is 0.856. The number of rotatable bonds is 3. The quantitative estimate of drug-likeness (QED) is 0.284. The fourth-order valence-electron chi connectivity index (χ4n) is 3.97. The third-order valence-corrected chi connectivity index (χ3v) is 6.09. The Kier molecular flexibility index (Phi) is 4.26. The summed E-state index contributed by atoms with van der Waals surface area (Å²) in [4.78, 5) is 10.3. The van der Waals surface area contributed by atoms with Gasteiger partial charge in [-0.3, -0.25) is 0 Å². The Labute approximate surface area is 179 Å². The number of thioether (sulfide) groups is 1. The van der Waals surface area contributed by atoms with Gasteiger partial charge < -0.3 is 8.83 Å². The third-order valence-electron chi connectivity index (χ3n) is 5.32. The van der Waals surface area contributed by atoms with E-state index in [1.807, 2.05) is 18.4 Å². The summed E-state index contributed by atoms with van der Waals surface area (Å²) in [6.45, 7) is 12.5. The average Bonchev–Trinajstić information content (AvgIpc) is 3.27. The second-order valence-corrected chi connectivity index (χ2v) is 9.48. The van der Waals surface area contributed by atoms with Gasteiger partial charge in [0, 0.05) is 21.2 Å². The van der Waals surface area contributed by atoms with Crippen LogP contribution in [0.25, 0.3) is 44.3 Å². The van der Waals surface area contributed by atoms with Crippen LogP contribution in [0.1, 0.15) is 32.1 Å². The lowest BCUT2D eigenvalue weighted by Gasteiger charge is -2.23. The zero-order valence-corrected chi connectivity index (χ0v) is 18.3. The lowest BCUT2D eigenvalue weighted by Crippen LogP contribution is -2.12. The highest BCUT2D eigenvalue weighted by Crippen LogP contribution is 2.40. The Morgan fingerprint density at radius 3 is 2.60 bits per heavy atom. The van der Waals surface area contributed by atoms with Crippen molar-refractivity contribution in [2.45, 2.75) is 38.0 Å². The largest absolute Gasteiger partial charge is 0.457 e. The maximum Gasteiger partial charge on any atom is 0.231 e. The molecule has 5 heteroatoms. The third kappa shape index (κ3) is 2.92. The van der Waals surface area contributed by atoms with Crippen LogP contribution in [0.5, 0.6) is 0 Å². The highest BCUT2D eigenvalue weighted by atomic mass is 32.2. The Morgan fingerprint density at radius 2 is 1.83 bits per heavy atom. The molecule has 0 aliphatic rings. The van der Waals surface area contributed by atoms with E-state index in [2.05, 4.69) is 67.6 Å². The lowest BCUT2D eigenvalue weighted by molar-refractivity contribution is 0.568. The summed E-state index contributed by atoms with van der Waals surface area (Å²) < 4.78 is 12.0. The molecule has 3 aromatic heterocycles. The molecule has 0 unspecified atom stereocenters. The zero-order chi connectivity index (χ0) is 21.0. The summed E-state index contributed by atoms with van der Waals surface area (Å²) >= 11 is 1.64. The number of nitrogens with zero attached hydrogens (tertiary/aromatic N) is 2. The maximum atomic E-state index is 6.14. The van der Waals surface area contributed by atoms with Gasteiger partial charge in [-0.2, -0.15) is 0 Å². The predicted octanol–water partition coefficient (Wildman–Crippen LogP) is 7.63. The van der Waals surface area contributed by atoms with Crippen molar-refractivity contribution in [3.63, 3.8) is 0 Å². The van der Waals surface area contributed by atoms with E-state index < -0.39 is 0 Å². The van der Waals surface area contributed by atoms with Crippen LogP contribution in [-0.4, -0.2) is 9.97 Å². The molecule has 0 saturated heterocycles. The molecule has 3 heterocycles. The van der Waals surface area contributed by atoms with E-state index in [-0.39, 0.29) is 5.41 Å². The Hall–Kier alpha value is -3.05. The van der Waals surface area contributed by atoms with Crippen molar-refractivity contribution in [3.05, 3.63) is 66.0 Å². The standard InChI is InChI=1S/C25H22N2O2S/c1-6-30-19-10-8-15(12-18(19)25(3,4)5)21-20-17-9-7-16-11-14(2)28-22(16)23(17)29-24(20)27-13-26-21/h6-13H,1H2,2-5H3. The van der Waals surface area contributed by atoms with Gasteiger partial charge in [-0.05, 0) is 47.6 Å². The first kappa shape index (κ1) is 18.9. The first-order chi connectivity index (χ1) is 14.4. The van der Waals surface area contributed by atoms with Crippen LogP contribution in [0.2, 0.25) is 0 Å². The summed E-state index contributed by atoms with van der Waals surface area (Å²) in [5, 5.41) is 4.76. The summed E-state index contributed by atoms with van der Waals surface area (Å²) in [5.41, 5.74) is 5.19. The van der Waals surface area contributed by atoms with E-state index in [1.165, 1.54) is 10.5 Å². The van der Waals surface area contributed by atoms with Crippen molar-refractivity contribution in [2.24, 2.45) is 0 Å². The van der Waals surface area contributed by atoms with Crippen LogP contribution in [0, 0.1) is 6.92 Å². The smallest absolute Gasteiger partial charge is 0.231 e. The van der Waals surface area contributed by atoms with E-state index >= 15 is 0 Å². The highest BCUT2D eigenvalue weighted by Gasteiger charge is 2.22. The zero-order valence-electron chi connectivity index (χ0n) is 17.4. The van der Waals surface area contributed by atoms with Gasteiger partial charge in [0.25, 0.3) is 0 Å². The van der Waals surface area contributed by atoms with Crippen LogP contribution >= 0.6 is 11.8 Å². The molecule has 0 atom stereocenters. The van der Waals surface area contributed by atoms with Crippen molar-refractivity contribution in [1.29, 1.82) is 0 Å². The molecule has 2 aromatic carbocycles. The monoisotopic (exact) mass is 414 g/mol. The minimum Gasteiger partial charge on any atom is -0.457 e. The number of hydrogen-bond acceptors (Lipinski definition) is 5. The molecule has 4 nitrogen and oxygen atoms in total. The van der Waals surface area contributed by atoms with Gasteiger partial charge in [-0.25, -0.2) is 9.97 Å². The Morgan fingerprint density at radius 1 is 1.00 bits per heavy atom. The SMILES string of the molecule is C=CSc1ccc(-c2ncnc3oc4c(ccc5cc(C)oc54)c23)cc1C(C)(C)C. The van der Waals surface area contributed by atoms with Crippen LogP contribution in [0.15, 0.2) is 68.4 Å². The number of benzene rings is 2. The van der Waals surface area contributed by atoms with Gasteiger partial charge in [0.15, 0.2) is 11.2 Å². The molecular formula is C25H22N2O2S. The van der Waals surface area contributed by atoms with Crippen molar-refractivity contribution >= 4 is 44.8 Å². The Balaban J connectivity index is 1.81. The van der Waals surface area contributed by atoms with E-state index in [1.54, 1.807) is 18.1 Å². The second kappa shape index (κ2) is 6.74. The lowest BCUT2D eigenvalue weighted by atomic mass is 9.85. The number of aromatic nitrogens is 2. The maximum absolute atomic E-state index is 6.14. The normalized spacial score (nSPS) is 12.3. The molecule has 0 aliphatic heterocycles. The van der Waals surface area contributed by atoms with Crippen molar-refractivity contribution < 1.29 is 8.83 Å². The van der Waals surface area contributed by atoms with Gasteiger partial charge in [-0.1, -0.05) is 51.2 Å². The first-order valence-corrected chi connectivity index (χ1v) is 10.7. The van der Waals surface area contributed by atoms with Gasteiger partial charge >= 0.3 is 0 Å². The first-order valence-electron chi connectivity index (χ1n) is 9.85. The van der Waals surface area contributed by atoms with E-state index in [0.717, 1.165) is 38.8 Å². The fraction of sp³-hybridized carbons (Fsp3) is 0.200. The molecule has 0 saturated carbocycles. The molecule has 0 aliphatic carbocycles. The molecule has 0 radical (unpaired) electrons. The van der Waals surface area contributed by atoms with Crippen LogP contribution < -0.4 is 0 Å². The molecular weight excluding hydrogens is 392 g/mol. The molecule has 30 heavy (non-hydrogen) atoms. The van der Waals surface area contributed by atoms with Crippen LogP contribution in [0.4, 0.5) is 0 Å². The Bertz CT molecular complexity index is 1440. The van der Waals surface area contributed by atoms with Crippen LogP contribution in [0.3, 0.4) is 0 Å². The van der Waals surface area contributed by atoms with E-state index in [0.29, 0.717) is 11.3 Å². The summed E-state index contributed by atoms with van der Waals surface area (Å²) in [7, 11) is 0. The molecule has 0 bridgehead atoms. The fourth-order valence-corrected chi connectivity index (χ4v) is 4.78. The van der Waals surface area contributed by atoms with Gasteiger partial charge in [0.2, 0.25) is 5.71 Å². The molecule has 5 aromatic rings. The molecule has 0 amide bonds. The van der Waals surface area contributed by atoms with Crippen LogP contribution in [-0.2, 0) is 5.41 Å². The topological polar surface area (TPSA) is 52.1 Å². The number of fused-ring (bicyclic) bond motifs is 5. The van der Waals surface area contributed by atoms with Gasteiger partial charge in [0.1, 0.15) is 12.1 Å². The second-order valence-electron chi connectivity index (χ2n) is 8.47. The van der Waals surface area contributed by atoms with E-state index in [9.17, 15) is 0 Å². The predicted molar refractivity (Wildman–Crippen MR) is 124 cm³/mol.